The summed E-state index contributed by atoms with van der Waals surface area (Å²) in [5.41, 5.74) is 0.969. The first-order chi connectivity index (χ1) is 11.0. The number of carbonyl (C=O) groups excluding carboxylic acids is 1. The highest BCUT2D eigenvalue weighted by atomic mass is 16.7. The first-order valence-corrected chi connectivity index (χ1v) is 8.71. The van der Waals surface area contributed by atoms with Crippen molar-refractivity contribution in [3.8, 4) is 11.5 Å². The van der Waals surface area contributed by atoms with E-state index < -0.39 is 0 Å². The summed E-state index contributed by atoms with van der Waals surface area (Å²) < 4.78 is 10.7. The van der Waals surface area contributed by atoms with Gasteiger partial charge < -0.3 is 14.8 Å². The highest BCUT2D eigenvalue weighted by Crippen LogP contribution is 2.34. The fourth-order valence-corrected chi connectivity index (χ4v) is 3.86. The zero-order chi connectivity index (χ0) is 16.4. The first-order valence-electron chi connectivity index (χ1n) is 8.71. The van der Waals surface area contributed by atoms with Crippen molar-refractivity contribution < 1.29 is 14.3 Å². The van der Waals surface area contributed by atoms with E-state index in [9.17, 15) is 4.79 Å². The lowest BCUT2D eigenvalue weighted by atomic mass is 9.74. The Bertz CT molecular complexity index is 570. The topological polar surface area (TPSA) is 47.6 Å². The predicted octanol–water partition coefficient (Wildman–Crippen LogP) is 3.53. The highest BCUT2D eigenvalue weighted by Gasteiger charge is 2.31. The fraction of sp³-hybridized carbons (Fsp3) is 0.632. The number of fused-ring (bicyclic) bond motifs is 1. The number of nitrogens with one attached hydrogen (secondary N) is 1. The molecule has 0 aromatic heterocycles. The number of hydrogen-bond acceptors (Lipinski definition) is 3. The SMILES string of the molecule is CC(C)[C@@H]1CC[C@@H](C)C[C@@H]1NC(=O)Cc1ccc2c(c1)OCO2. The Morgan fingerprint density at radius 1 is 1.26 bits per heavy atom. The van der Waals surface area contributed by atoms with Gasteiger partial charge in [0.25, 0.3) is 0 Å². The van der Waals surface area contributed by atoms with Crippen molar-refractivity contribution in [3.05, 3.63) is 23.8 Å². The Morgan fingerprint density at radius 2 is 2.04 bits per heavy atom. The quantitative estimate of drug-likeness (QED) is 0.924. The Hall–Kier alpha value is -1.71. The van der Waals surface area contributed by atoms with Crippen LogP contribution in [0.2, 0.25) is 0 Å². The van der Waals surface area contributed by atoms with E-state index >= 15 is 0 Å². The van der Waals surface area contributed by atoms with Crippen molar-refractivity contribution in [2.24, 2.45) is 17.8 Å². The van der Waals surface area contributed by atoms with Gasteiger partial charge in [-0.3, -0.25) is 4.79 Å². The number of carbonyl (C=O) groups is 1. The number of ether oxygens (including phenoxy) is 2. The third kappa shape index (κ3) is 3.80. The van der Waals surface area contributed by atoms with Gasteiger partial charge in [-0.15, -0.1) is 0 Å². The highest BCUT2D eigenvalue weighted by molar-refractivity contribution is 5.79. The standard InChI is InChI=1S/C19H27NO3/c1-12(2)15-6-4-13(3)8-16(15)20-19(21)10-14-5-7-17-18(9-14)23-11-22-17/h5,7,9,12-13,15-16H,4,6,8,10-11H2,1-3H3,(H,20,21)/t13-,15+,16+/m1/s1. The van der Waals surface area contributed by atoms with Gasteiger partial charge in [0, 0.05) is 6.04 Å². The van der Waals surface area contributed by atoms with Crippen LogP contribution >= 0.6 is 0 Å². The molecular weight excluding hydrogens is 290 g/mol. The molecule has 1 amide bonds. The lowest BCUT2D eigenvalue weighted by Gasteiger charge is -2.37. The van der Waals surface area contributed by atoms with Crippen LogP contribution in [0.4, 0.5) is 0 Å². The summed E-state index contributed by atoms with van der Waals surface area (Å²) in [7, 11) is 0. The zero-order valence-corrected chi connectivity index (χ0v) is 14.3. The molecule has 4 heteroatoms. The van der Waals surface area contributed by atoms with Crippen molar-refractivity contribution in [2.75, 3.05) is 6.79 Å². The molecule has 1 heterocycles. The van der Waals surface area contributed by atoms with E-state index in [0.717, 1.165) is 23.5 Å². The molecule has 0 saturated heterocycles. The Morgan fingerprint density at radius 3 is 2.83 bits per heavy atom. The summed E-state index contributed by atoms with van der Waals surface area (Å²) in [5.74, 6) is 3.50. The number of benzene rings is 1. The van der Waals surface area contributed by atoms with Crippen molar-refractivity contribution in [1.29, 1.82) is 0 Å². The Kier molecular flexibility index (Phi) is 4.79. The monoisotopic (exact) mass is 317 g/mol. The molecule has 1 aromatic rings. The smallest absolute Gasteiger partial charge is 0.231 e. The van der Waals surface area contributed by atoms with Crippen molar-refractivity contribution in [3.63, 3.8) is 0 Å². The second kappa shape index (κ2) is 6.81. The van der Waals surface area contributed by atoms with E-state index in [2.05, 4.69) is 26.1 Å². The van der Waals surface area contributed by atoms with Crippen molar-refractivity contribution in [1.82, 2.24) is 5.32 Å². The molecule has 126 valence electrons. The second-order valence-electron chi connectivity index (χ2n) is 7.36. The largest absolute Gasteiger partial charge is 0.454 e. The van der Waals surface area contributed by atoms with Gasteiger partial charge in [0.1, 0.15) is 0 Å². The Labute approximate surface area is 138 Å². The maximum absolute atomic E-state index is 12.5. The summed E-state index contributed by atoms with van der Waals surface area (Å²) >= 11 is 0. The van der Waals surface area contributed by atoms with Crippen LogP contribution in [0, 0.1) is 17.8 Å². The minimum atomic E-state index is 0.105. The van der Waals surface area contributed by atoms with Gasteiger partial charge >= 0.3 is 0 Å². The molecule has 3 rings (SSSR count). The minimum Gasteiger partial charge on any atom is -0.454 e. The van der Waals surface area contributed by atoms with Gasteiger partial charge in [0.15, 0.2) is 11.5 Å². The van der Waals surface area contributed by atoms with Gasteiger partial charge in [-0.1, -0.05) is 33.3 Å². The first kappa shape index (κ1) is 16.2. The van der Waals surface area contributed by atoms with Crippen LogP contribution in [-0.2, 0) is 11.2 Å². The minimum absolute atomic E-state index is 0.105. The molecule has 1 aliphatic carbocycles. The van der Waals surface area contributed by atoms with Gasteiger partial charge in [0.2, 0.25) is 12.7 Å². The fourth-order valence-electron chi connectivity index (χ4n) is 3.86. The molecule has 0 spiro atoms. The molecule has 2 aliphatic rings. The molecule has 1 saturated carbocycles. The maximum atomic E-state index is 12.5. The van der Waals surface area contributed by atoms with E-state index in [-0.39, 0.29) is 12.7 Å². The maximum Gasteiger partial charge on any atom is 0.231 e. The van der Waals surface area contributed by atoms with Gasteiger partial charge in [-0.05, 0) is 48.3 Å². The molecule has 1 aliphatic heterocycles. The third-order valence-corrected chi connectivity index (χ3v) is 5.17. The van der Waals surface area contributed by atoms with E-state index in [1.54, 1.807) is 0 Å². The second-order valence-corrected chi connectivity index (χ2v) is 7.36. The normalized spacial score (nSPS) is 26.3. The summed E-state index contributed by atoms with van der Waals surface area (Å²) in [6.45, 7) is 7.07. The average molecular weight is 317 g/mol. The molecule has 0 radical (unpaired) electrons. The van der Waals surface area contributed by atoms with Crippen LogP contribution in [0.15, 0.2) is 18.2 Å². The van der Waals surface area contributed by atoms with E-state index in [1.807, 2.05) is 18.2 Å². The van der Waals surface area contributed by atoms with Crippen molar-refractivity contribution >= 4 is 5.91 Å². The van der Waals surface area contributed by atoms with E-state index in [0.29, 0.717) is 30.2 Å². The third-order valence-electron chi connectivity index (χ3n) is 5.17. The molecule has 0 bridgehead atoms. The van der Waals surface area contributed by atoms with Crippen LogP contribution in [0.5, 0.6) is 11.5 Å². The molecular formula is C19H27NO3. The van der Waals surface area contributed by atoms with Gasteiger partial charge in [-0.25, -0.2) is 0 Å². The van der Waals surface area contributed by atoms with Crippen LogP contribution in [0.25, 0.3) is 0 Å². The molecule has 23 heavy (non-hydrogen) atoms. The average Bonchev–Trinajstić information content (AvgIpc) is 2.94. The van der Waals surface area contributed by atoms with E-state index in [1.165, 1.54) is 12.8 Å². The number of amides is 1. The zero-order valence-electron chi connectivity index (χ0n) is 14.3. The van der Waals surface area contributed by atoms with Crippen LogP contribution in [0.1, 0.15) is 45.6 Å². The van der Waals surface area contributed by atoms with E-state index in [4.69, 9.17) is 9.47 Å². The molecule has 1 fully saturated rings. The Balaban J connectivity index is 1.61. The summed E-state index contributed by atoms with van der Waals surface area (Å²) in [6, 6.07) is 6.03. The predicted molar refractivity (Wildman–Crippen MR) is 89.5 cm³/mol. The van der Waals surface area contributed by atoms with Crippen LogP contribution in [-0.4, -0.2) is 18.7 Å². The van der Waals surface area contributed by atoms with Gasteiger partial charge in [-0.2, -0.15) is 0 Å². The number of rotatable bonds is 4. The van der Waals surface area contributed by atoms with Gasteiger partial charge in [0.05, 0.1) is 6.42 Å². The van der Waals surface area contributed by atoms with Crippen molar-refractivity contribution in [2.45, 2.75) is 52.5 Å². The lowest BCUT2D eigenvalue weighted by Crippen LogP contribution is -2.46. The molecule has 1 N–H and O–H groups in total. The number of hydrogen-bond donors (Lipinski definition) is 1. The molecule has 0 unspecified atom stereocenters. The summed E-state index contributed by atoms with van der Waals surface area (Å²) in [5, 5.41) is 3.29. The molecule has 4 nitrogen and oxygen atoms in total. The lowest BCUT2D eigenvalue weighted by molar-refractivity contribution is -0.122. The molecule has 3 atom stereocenters. The summed E-state index contributed by atoms with van der Waals surface area (Å²) in [6.07, 6.45) is 3.98. The molecule has 1 aromatic carbocycles. The summed E-state index contributed by atoms with van der Waals surface area (Å²) in [4.78, 5) is 12.5. The van der Waals surface area contributed by atoms with Crippen LogP contribution < -0.4 is 14.8 Å². The van der Waals surface area contributed by atoms with Crippen LogP contribution in [0.3, 0.4) is 0 Å².